The fourth-order valence-corrected chi connectivity index (χ4v) is 2.38. The summed E-state index contributed by atoms with van der Waals surface area (Å²) in [6, 6.07) is 7.30. The molecule has 0 fully saturated rings. The van der Waals surface area contributed by atoms with E-state index in [4.69, 9.17) is 0 Å². The second-order valence-corrected chi connectivity index (χ2v) is 5.22. The monoisotopic (exact) mass is 237 g/mol. The van der Waals surface area contributed by atoms with Gasteiger partial charge in [-0.15, -0.1) is 0 Å². The fourth-order valence-electron chi connectivity index (χ4n) is 1.74. The fraction of sp³-hybridized carbons (Fsp3) is 0.571. The largest absolute Gasteiger partial charge is 0.309 e. The highest BCUT2D eigenvalue weighted by Crippen LogP contribution is 2.20. The lowest BCUT2D eigenvalue weighted by atomic mass is 10.0. The molecule has 1 N–H and O–H groups in total. The molecule has 0 aliphatic heterocycles. The van der Waals surface area contributed by atoms with Crippen LogP contribution >= 0.6 is 11.8 Å². The highest BCUT2D eigenvalue weighted by molar-refractivity contribution is 7.98. The van der Waals surface area contributed by atoms with E-state index >= 15 is 0 Å². The van der Waals surface area contributed by atoms with Gasteiger partial charge in [0.15, 0.2) is 0 Å². The van der Waals surface area contributed by atoms with Gasteiger partial charge in [-0.3, -0.25) is 0 Å². The summed E-state index contributed by atoms with van der Waals surface area (Å²) in [5, 5.41) is 3.61. The number of aryl methyl sites for hydroxylation is 2. The summed E-state index contributed by atoms with van der Waals surface area (Å²) >= 11 is 1.90. The van der Waals surface area contributed by atoms with Crippen molar-refractivity contribution >= 4 is 11.8 Å². The van der Waals surface area contributed by atoms with Crippen molar-refractivity contribution in [2.24, 2.45) is 0 Å². The summed E-state index contributed by atoms with van der Waals surface area (Å²) in [4.78, 5) is 0. The number of thioether (sulfide) groups is 1. The molecule has 0 amide bonds. The van der Waals surface area contributed by atoms with Gasteiger partial charge in [0, 0.05) is 11.8 Å². The number of benzene rings is 1. The van der Waals surface area contributed by atoms with E-state index in [1.807, 2.05) is 11.8 Å². The van der Waals surface area contributed by atoms with Crippen LogP contribution in [0, 0.1) is 13.8 Å². The Morgan fingerprint density at radius 2 is 2.00 bits per heavy atom. The Kier molecular flexibility index (Phi) is 5.93. The van der Waals surface area contributed by atoms with Crippen LogP contribution in [0.2, 0.25) is 0 Å². The van der Waals surface area contributed by atoms with Crippen molar-refractivity contribution in [2.75, 3.05) is 18.6 Å². The van der Waals surface area contributed by atoms with Gasteiger partial charge in [-0.2, -0.15) is 11.8 Å². The molecule has 1 atom stereocenters. The lowest BCUT2D eigenvalue weighted by molar-refractivity contribution is 0.577. The van der Waals surface area contributed by atoms with Gasteiger partial charge < -0.3 is 5.32 Å². The second-order valence-electron chi connectivity index (χ2n) is 4.31. The Hall–Kier alpha value is -0.470. The van der Waals surface area contributed by atoms with Crippen LogP contribution in [-0.2, 0) is 0 Å². The highest BCUT2D eigenvalue weighted by atomic mass is 32.2. The van der Waals surface area contributed by atoms with Crippen molar-refractivity contribution in [3.63, 3.8) is 0 Å². The van der Waals surface area contributed by atoms with Crippen molar-refractivity contribution in [1.82, 2.24) is 5.32 Å². The van der Waals surface area contributed by atoms with Crippen LogP contribution in [-0.4, -0.2) is 18.6 Å². The number of nitrogens with one attached hydrogen (secondary N) is 1. The molecule has 1 nitrogen and oxygen atoms in total. The van der Waals surface area contributed by atoms with E-state index in [9.17, 15) is 0 Å². The zero-order valence-electron chi connectivity index (χ0n) is 10.8. The Morgan fingerprint density at radius 3 is 2.56 bits per heavy atom. The molecule has 1 unspecified atom stereocenters. The van der Waals surface area contributed by atoms with Gasteiger partial charge >= 0.3 is 0 Å². The maximum Gasteiger partial charge on any atom is 0.0411 e. The van der Waals surface area contributed by atoms with E-state index in [0.29, 0.717) is 6.04 Å². The van der Waals surface area contributed by atoms with Crippen molar-refractivity contribution in [1.29, 1.82) is 0 Å². The first kappa shape index (κ1) is 13.6. The average Bonchev–Trinajstić information content (AvgIpc) is 2.28. The highest BCUT2D eigenvalue weighted by Gasteiger charge is 2.10. The summed E-state index contributed by atoms with van der Waals surface area (Å²) < 4.78 is 0. The van der Waals surface area contributed by atoms with Crippen molar-refractivity contribution in [3.05, 3.63) is 34.9 Å². The molecule has 1 aromatic rings. The molecule has 2 heteroatoms. The molecule has 1 rings (SSSR count). The smallest absolute Gasteiger partial charge is 0.0411 e. The maximum absolute atomic E-state index is 3.61. The molecule has 0 saturated carbocycles. The van der Waals surface area contributed by atoms with Crippen LogP contribution in [0.15, 0.2) is 18.2 Å². The minimum absolute atomic E-state index is 0.495. The minimum Gasteiger partial charge on any atom is -0.309 e. The van der Waals surface area contributed by atoms with E-state index in [1.165, 1.54) is 23.1 Å². The molecular weight excluding hydrogens is 214 g/mol. The van der Waals surface area contributed by atoms with Gasteiger partial charge in [-0.1, -0.05) is 25.1 Å². The number of hydrogen-bond acceptors (Lipinski definition) is 2. The van der Waals surface area contributed by atoms with Gasteiger partial charge in [-0.05, 0) is 49.8 Å². The lowest BCUT2D eigenvalue weighted by Gasteiger charge is -2.19. The molecule has 90 valence electrons. The van der Waals surface area contributed by atoms with Crippen molar-refractivity contribution < 1.29 is 0 Å². The average molecular weight is 237 g/mol. The molecule has 0 saturated heterocycles. The van der Waals surface area contributed by atoms with Crippen LogP contribution < -0.4 is 5.32 Å². The summed E-state index contributed by atoms with van der Waals surface area (Å²) in [5.41, 5.74) is 4.19. The van der Waals surface area contributed by atoms with Crippen LogP contribution in [0.5, 0.6) is 0 Å². The van der Waals surface area contributed by atoms with E-state index in [-0.39, 0.29) is 0 Å². The van der Waals surface area contributed by atoms with Crippen LogP contribution in [0.3, 0.4) is 0 Å². The zero-order valence-corrected chi connectivity index (χ0v) is 11.7. The first-order chi connectivity index (χ1) is 7.69. The Labute approximate surface area is 104 Å². The summed E-state index contributed by atoms with van der Waals surface area (Å²) in [6.07, 6.45) is 3.36. The molecule has 0 spiro atoms. The molecule has 0 radical (unpaired) electrons. The first-order valence-electron chi connectivity index (χ1n) is 5.98. The molecule has 1 aromatic carbocycles. The third kappa shape index (κ3) is 3.84. The summed E-state index contributed by atoms with van der Waals surface area (Å²) in [7, 11) is 0. The molecule has 16 heavy (non-hydrogen) atoms. The van der Waals surface area contributed by atoms with E-state index < -0.39 is 0 Å². The summed E-state index contributed by atoms with van der Waals surface area (Å²) in [6.45, 7) is 7.67. The lowest BCUT2D eigenvalue weighted by Crippen LogP contribution is -2.24. The third-order valence-corrected chi connectivity index (χ3v) is 3.57. The minimum atomic E-state index is 0.495. The van der Waals surface area contributed by atoms with Crippen molar-refractivity contribution in [3.8, 4) is 0 Å². The SMILES string of the molecule is CCCNC(CSC)c1ccc(C)c(C)c1. The molecule has 0 bridgehead atoms. The van der Waals surface area contributed by atoms with Crippen LogP contribution in [0.25, 0.3) is 0 Å². The quantitative estimate of drug-likeness (QED) is 0.809. The van der Waals surface area contributed by atoms with Crippen molar-refractivity contribution in [2.45, 2.75) is 33.2 Å². The first-order valence-corrected chi connectivity index (χ1v) is 7.38. The third-order valence-electron chi connectivity index (χ3n) is 2.91. The van der Waals surface area contributed by atoms with Gasteiger partial charge in [-0.25, -0.2) is 0 Å². The van der Waals surface area contributed by atoms with E-state index in [0.717, 1.165) is 12.3 Å². The van der Waals surface area contributed by atoms with Crippen LogP contribution in [0.4, 0.5) is 0 Å². The zero-order chi connectivity index (χ0) is 12.0. The number of hydrogen-bond donors (Lipinski definition) is 1. The Morgan fingerprint density at radius 1 is 1.25 bits per heavy atom. The van der Waals surface area contributed by atoms with Gasteiger partial charge in [0.1, 0.15) is 0 Å². The van der Waals surface area contributed by atoms with E-state index in [1.54, 1.807) is 0 Å². The maximum atomic E-state index is 3.61. The molecule has 0 heterocycles. The molecule has 0 aliphatic carbocycles. The van der Waals surface area contributed by atoms with Gasteiger partial charge in [0.05, 0.1) is 0 Å². The molecule has 0 aliphatic rings. The molecule has 0 aromatic heterocycles. The second kappa shape index (κ2) is 6.97. The van der Waals surface area contributed by atoms with Gasteiger partial charge in [0.2, 0.25) is 0 Å². The van der Waals surface area contributed by atoms with E-state index in [2.05, 4.69) is 50.5 Å². The molecular formula is C14H23NS. The van der Waals surface area contributed by atoms with Gasteiger partial charge in [0.25, 0.3) is 0 Å². The Bertz CT molecular complexity index is 323. The predicted octanol–water partition coefficient (Wildman–Crippen LogP) is 3.71. The predicted molar refractivity (Wildman–Crippen MR) is 75.3 cm³/mol. The number of rotatable bonds is 6. The topological polar surface area (TPSA) is 12.0 Å². The standard InChI is InChI=1S/C14H23NS/c1-5-8-15-14(10-16-4)13-7-6-11(2)12(3)9-13/h6-7,9,14-15H,5,8,10H2,1-4H3. The Balaban J connectivity index is 2.78. The normalized spacial score (nSPS) is 12.8. The van der Waals surface area contributed by atoms with Crippen LogP contribution in [0.1, 0.15) is 36.1 Å². The summed E-state index contributed by atoms with van der Waals surface area (Å²) in [5.74, 6) is 1.14.